The summed E-state index contributed by atoms with van der Waals surface area (Å²) in [7, 11) is 0. The van der Waals surface area contributed by atoms with Crippen molar-refractivity contribution >= 4 is 11.7 Å². The van der Waals surface area contributed by atoms with E-state index in [1.807, 2.05) is 19.1 Å². The van der Waals surface area contributed by atoms with Crippen LogP contribution in [0.5, 0.6) is 0 Å². The zero-order valence-electron chi connectivity index (χ0n) is 11.3. The molecular formula is C16H17NO3. The van der Waals surface area contributed by atoms with Crippen molar-refractivity contribution in [1.29, 1.82) is 0 Å². The fraction of sp³-hybridized carbons (Fsp3) is 0.188. The maximum atomic E-state index is 12.0. The van der Waals surface area contributed by atoms with Gasteiger partial charge in [-0.15, -0.1) is 0 Å². The normalized spacial score (nSPS) is 10.3. The van der Waals surface area contributed by atoms with Crippen molar-refractivity contribution < 1.29 is 14.6 Å². The molecule has 2 aromatic carbocycles. The molecule has 0 saturated heterocycles. The Morgan fingerprint density at radius 1 is 1.15 bits per heavy atom. The minimum Gasteiger partial charge on any atom is -0.457 e. The van der Waals surface area contributed by atoms with Crippen LogP contribution in [0.3, 0.4) is 0 Å². The molecule has 0 bridgehead atoms. The molecule has 4 heteroatoms. The highest BCUT2D eigenvalue weighted by atomic mass is 16.5. The highest BCUT2D eigenvalue weighted by Crippen LogP contribution is 2.15. The van der Waals surface area contributed by atoms with Crippen molar-refractivity contribution in [2.45, 2.75) is 20.1 Å². The van der Waals surface area contributed by atoms with Crippen LogP contribution in [0.2, 0.25) is 0 Å². The van der Waals surface area contributed by atoms with Gasteiger partial charge in [-0.05, 0) is 35.7 Å². The number of benzene rings is 2. The van der Waals surface area contributed by atoms with E-state index in [2.05, 4.69) is 0 Å². The van der Waals surface area contributed by atoms with Gasteiger partial charge in [0.2, 0.25) is 0 Å². The van der Waals surface area contributed by atoms with Crippen molar-refractivity contribution in [2.24, 2.45) is 0 Å². The predicted octanol–water partition coefficient (Wildman–Crippen LogP) is 2.43. The van der Waals surface area contributed by atoms with Crippen LogP contribution in [0.15, 0.2) is 42.5 Å². The molecular weight excluding hydrogens is 254 g/mol. The van der Waals surface area contributed by atoms with E-state index in [0.717, 1.165) is 16.7 Å². The number of aliphatic hydroxyl groups is 1. The Bertz CT molecular complexity index is 606. The number of rotatable bonds is 4. The molecule has 2 aromatic rings. The van der Waals surface area contributed by atoms with Gasteiger partial charge >= 0.3 is 5.97 Å². The Kier molecular flexibility index (Phi) is 4.38. The van der Waals surface area contributed by atoms with Crippen LogP contribution in [-0.2, 0) is 18.0 Å². The lowest BCUT2D eigenvalue weighted by Crippen LogP contribution is -2.07. The molecule has 0 aromatic heterocycles. The standard InChI is InChI=1S/C16H17NO3/c1-11-2-7-14(17)8-15(11)16(19)20-10-13-5-3-12(9-18)4-6-13/h2-8,18H,9-10,17H2,1H3. The fourth-order valence-electron chi connectivity index (χ4n) is 1.83. The molecule has 20 heavy (non-hydrogen) atoms. The van der Waals surface area contributed by atoms with Gasteiger partial charge in [-0.1, -0.05) is 30.3 Å². The lowest BCUT2D eigenvalue weighted by atomic mass is 10.1. The third-order valence-corrected chi connectivity index (χ3v) is 3.06. The average Bonchev–Trinajstić information content (AvgIpc) is 2.47. The number of aryl methyl sites for hydroxylation is 1. The summed E-state index contributed by atoms with van der Waals surface area (Å²) in [5, 5.41) is 8.95. The Balaban J connectivity index is 2.02. The van der Waals surface area contributed by atoms with Crippen molar-refractivity contribution in [1.82, 2.24) is 0 Å². The summed E-state index contributed by atoms with van der Waals surface area (Å²) in [6, 6.07) is 12.4. The molecule has 0 aliphatic rings. The Hall–Kier alpha value is -2.33. The molecule has 0 aliphatic heterocycles. The quantitative estimate of drug-likeness (QED) is 0.661. The molecule has 104 valence electrons. The molecule has 0 fully saturated rings. The first-order valence-electron chi connectivity index (χ1n) is 6.32. The van der Waals surface area contributed by atoms with E-state index < -0.39 is 0 Å². The summed E-state index contributed by atoms with van der Waals surface area (Å²) < 4.78 is 5.27. The minimum absolute atomic E-state index is 0.00253. The van der Waals surface area contributed by atoms with E-state index in [1.54, 1.807) is 30.3 Å². The van der Waals surface area contributed by atoms with Gasteiger partial charge in [0.05, 0.1) is 12.2 Å². The zero-order chi connectivity index (χ0) is 14.5. The number of hydrogen-bond acceptors (Lipinski definition) is 4. The van der Waals surface area contributed by atoms with Gasteiger partial charge in [-0.25, -0.2) is 4.79 Å². The van der Waals surface area contributed by atoms with Crippen LogP contribution in [-0.4, -0.2) is 11.1 Å². The van der Waals surface area contributed by atoms with Crippen LogP contribution in [0.4, 0.5) is 5.69 Å². The molecule has 3 N–H and O–H groups in total. The second-order valence-electron chi connectivity index (χ2n) is 4.63. The second-order valence-corrected chi connectivity index (χ2v) is 4.63. The number of carbonyl (C=O) groups excluding carboxylic acids is 1. The van der Waals surface area contributed by atoms with Crippen LogP contribution >= 0.6 is 0 Å². The molecule has 0 unspecified atom stereocenters. The number of hydrogen-bond donors (Lipinski definition) is 2. The topological polar surface area (TPSA) is 72.6 Å². The van der Waals surface area contributed by atoms with Gasteiger partial charge in [0.25, 0.3) is 0 Å². The number of carbonyl (C=O) groups is 1. The van der Waals surface area contributed by atoms with E-state index >= 15 is 0 Å². The zero-order valence-corrected chi connectivity index (χ0v) is 11.3. The second kappa shape index (κ2) is 6.21. The van der Waals surface area contributed by atoms with E-state index in [-0.39, 0.29) is 19.2 Å². The first kappa shape index (κ1) is 14.1. The van der Waals surface area contributed by atoms with Crippen LogP contribution < -0.4 is 5.73 Å². The highest BCUT2D eigenvalue weighted by Gasteiger charge is 2.11. The fourth-order valence-corrected chi connectivity index (χ4v) is 1.83. The molecule has 0 aliphatic carbocycles. The maximum Gasteiger partial charge on any atom is 0.338 e. The van der Waals surface area contributed by atoms with Gasteiger partial charge in [0, 0.05) is 5.69 Å². The summed E-state index contributed by atoms with van der Waals surface area (Å²) in [4.78, 5) is 12.0. The maximum absolute atomic E-state index is 12.0. The van der Waals surface area contributed by atoms with E-state index in [1.165, 1.54) is 0 Å². The number of anilines is 1. The van der Waals surface area contributed by atoms with E-state index in [4.69, 9.17) is 15.6 Å². The van der Waals surface area contributed by atoms with E-state index in [0.29, 0.717) is 11.3 Å². The van der Waals surface area contributed by atoms with Crippen molar-refractivity contribution in [3.05, 3.63) is 64.7 Å². The van der Waals surface area contributed by atoms with Crippen molar-refractivity contribution in [3.63, 3.8) is 0 Å². The minimum atomic E-state index is -0.388. The molecule has 0 heterocycles. The predicted molar refractivity (Wildman–Crippen MR) is 77.1 cm³/mol. The highest BCUT2D eigenvalue weighted by molar-refractivity contribution is 5.92. The molecule has 0 saturated carbocycles. The largest absolute Gasteiger partial charge is 0.457 e. The van der Waals surface area contributed by atoms with Crippen LogP contribution in [0.1, 0.15) is 27.0 Å². The summed E-state index contributed by atoms with van der Waals surface area (Å²) in [6.07, 6.45) is 0. The molecule has 4 nitrogen and oxygen atoms in total. The lowest BCUT2D eigenvalue weighted by Gasteiger charge is -2.08. The molecule has 2 rings (SSSR count). The first-order valence-corrected chi connectivity index (χ1v) is 6.32. The SMILES string of the molecule is Cc1ccc(N)cc1C(=O)OCc1ccc(CO)cc1. The monoisotopic (exact) mass is 271 g/mol. The van der Waals surface area contributed by atoms with Gasteiger partial charge in [0.1, 0.15) is 6.61 Å². The number of nitrogen functional groups attached to an aromatic ring is 1. The summed E-state index contributed by atoms with van der Waals surface area (Å²) in [6.45, 7) is 2.04. The van der Waals surface area contributed by atoms with Crippen LogP contribution in [0, 0.1) is 6.92 Å². The van der Waals surface area contributed by atoms with Gasteiger partial charge in [0.15, 0.2) is 0 Å². The van der Waals surface area contributed by atoms with Gasteiger partial charge < -0.3 is 15.6 Å². The first-order chi connectivity index (χ1) is 9.60. The van der Waals surface area contributed by atoms with Gasteiger partial charge in [-0.2, -0.15) is 0 Å². The summed E-state index contributed by atoms with van der Waals surface area (Å²) >= 11 is 0. The van der Waals surface area contributed by atoms with Gasteiger partial charge in [-0.3, -0.25) is 0 Å². The van der Waals surface area contributed by atoms with Crippen molar-refractivity contribution in [3.8, 4) is 0 Å². The Morgan fingerprint density at radius 3 is 2.45 bits per heavy atom. The Labute approximate surface area is 117 Å². The molecule has 0 radical (unpaired) electrons. The average molecular weight is 271 g/mol. The smallest absolute Gasteiger partial charge is 0.338 e. The van der Waals surface area contributed by atoms with Crippen molar-refractivity contribution in [2.75, 3.05) is 5.73 Å². The third-order valence-electron chi connectivity index (χ3n) is 3.06. The molecule has 0 amide bonds. The summed E-state index contributed by atoms with van der Waals surface area (Å²) in [5.41, 5.74) is 9.22. The number of esters is 1. The number of nitrogens with two attached hydrogens (primary N) is 1. The van der Waals surface area contributed by atoms with E-state index in [9.17, 15) is 4.79 Å². The lowest BCUT2D eigenvalue weighted by molar-refractivity contribution is 0.0472. The van der Waals surface area contributed by atoms with Crippen LogP contribution in [0.25, 0.3) is 0 Å². The summed E-state index contributed by atoms with van der Waals surface area (Å²) in [5.74, 6) is -0.388. The third kappa shape index (κ3) is 3.36. The number of aliphatic hydroxyl groups excluding tert-OH is 1. The molecule has 0 atom stereocenters. The Morgan fingerprint density at radius 2 is 1.80 bits per heavy atom. The molecule has 0 spiro atoms. The number of ether oxygens (including phenoxy) is 1.